The van der Waals surface area contributed by atoms with Crippen LogP contribution in [0.3, 0.4) is 0 Å². The molecule has 1 saturated heterocycles. The lowest BCUT2D eigenvalue weighted by Crippen LogP contribution is -2.52. The van der Waals surface area contributed by atoms with E-state index in [9.17, 15) is 14.7 Å². The highest BCUT2D eigenvalue weighted by atomic mass is 28.3. The third kappa shape index (κ3) is 6.45. The first-order valence-electron chi connectivity index (χ1n) is 17.7. The van der Waals surface area contributed by atoms with Gasteiger partial charge in [0, 0.05) is 6.54 Å². The highest BCUT2D eigenvalue weighted by molar-refractivity contribution is 6.91. The summed E-state index contributed by atoms with van der Waals surface area (Å²) in [5.41, 5.74) is 5.23. The van der Waals surface area contributed by atoms with Crippen LogP contribution in [0.1, 0.15) is 36.5 Å². The first-order valence-corrected chi connectivity index (χ1v) is 20.8. The minimum atomic E-state index is -2.18. The zero-order valence-electron chi connectivity index (χ0n) is 29.3. The second-order valence-corrected chi connectivity index (χ2v) is 19.3. The van der Waals surface area contributed by atoms with Crippen molar-refractivity contribution in [3.05, 3.63) is 124 Å². The highest BCUT2D eigenvalue weighted by Crippen LogP contribution is 2.47. The van der Waals surface area contributed by atoms with Crippen LogP contribution in [0.4, 0.5) is 0 Å². The van der Waals surface area contributed by atoms with Crippen LogP contribution < -0.4 is 15.5 Å². The maximum atomic E-state index is 14.2. The number of aromatic nitrogens is 2. The third-order valence-electron chi connectivity index (χ3n) is 11.3. The van der Waals surface area contributed by atoms with Crippen molar-refractivity contribution < 1.29 is 19.4 Å². The predicted molar refractivity (Wildman–Crippen MR) is 200 cm³/mol. The Kier molecular flexibility index (Phi) is 9.56. The van der Waals surface area contributed by atoms with Crippen molar-refractivity contribution in [3.8, 4) is 11.4 Å². The van der Waals surface area contributed by atoms with Gasteiger partial charge in [-0.25, -0.2) is 4.68 Å². The largest absolute Gasteiger partial charge is 0.497 e. The summed E-state index contributed by atoms with van der Waals surface area (Å²) in [5, 5.41) is 15.6. The van der Waals surface area contributed by atoms with Crippen molar-refractivity contribution in [1.29, 1.82) is 0 Å². The van der Waals surface area contributed by atoms with Crippen molar-refractivity contribution in [1.82, 2.24) is 14.7 Å². The van der Waals surface area contributed by atoms with Crippen LogP contribution in [0.25, 0.3) is 16.6 Å². The molecule has 5 atom stereocenters. The first-order chi connectivity index (χ1) is 24.2. The van der Waals surface area contributed by atoms with Crippen LogP contribution in [0.2, 0.25) is 18.6 Å². The van der Waals surface area contributed by atoms with Gasteiger partial charge in [-0.05, 0) is 83.8 Å². The van der Waals surface area contributed by atoms with Gasteiger partial charge < -0.3 is 19.5 Å². The van der Waals surface area contributed by atoms with Crippen LogP contribution in [0, 0.1) is 5.92 Å². The Labute approximate surface area is 294 Å². The number of H-pyrrole nitrogens is 1. The number of hydrogen-bond acceptors (Lipinski definition) is 5. The fourth-order valence-electron chi connectivity index (χ4n) is 8.58. The Morgan fingerprint density at radius 1 is 0.960 bits per heavy atom. The number of fused-ring (bicyclic) bond motifs is 2. The van der Waals surface area contributed by atoms with Gasteiger partial charge in [-0.1, -0.05) is 85.9 Å². The molecule has 1 aromatic heterocycles. The maximum absolute atomic E-state index is 14.2. The lowest BCUT2D eigenvalue weighted by atomic mass is 9.93. The average molecular weight is 690 g/mol. The molecule has 260 valence electrons. The molecule has 0 saturated carbocycles. The fourth-order valence-corrected chi connectivity index (χ4v) is 12.6. The number of aromatic amines is 1. The van der Waals surface area contributed by atoms with E-state index in [0.717, 1.165) is 40.9 Å². The van der Waals surface area contributed by atoms with Crippen LogP contribution in [-0.2, 0) is 28.9 Å². The lowest BCUT2D eigenvalue weighted by molar-refractivity contribution is -0.138. The SMILES string of the molecule is COc1ccc([Si](C)(C)[C@H]2[C@H](C)[C@H](CCc3cccc(-n4[nH]c5ccccc5c4=O)c3)O[C@@H]2CC(=O)N2Cc3ccccc3C[C@H]2CO)cc1. The number of rotatable bonds is 10. The van der Waals surface area contributed by atoms with E-state index in [1.165, 1.54) is 10.8 Å². The molecule has 7 rings (SSSR count). The number of methoxy groups -OCH3 is 1. The van der Waals surface area contributed by atoms with Gasteiger partial charge >= 0.3 is 0 Å². The van der Waals surface area contributed by atoms with Crippen LogP contribution >= 0.6 is 0 Å². The molecule has 4 aromatic carbocycles. The summed E-state index contributed by atoms with van der Waals surface area (Å²) in [5.74, 6) is 1.10. The number of para-hydroxylation sites is 1. The number of carbonyl (C=O) groups is 1. The smallest absolute Gasteiger partial charge is 0.279 e. The van der Waals surface area contributed by atoms with E-state index in [2.05, 4.69) is 61.5 Å². The fraction of sp³-hybridized carbons (Fsp3) is 0.366. The van der Waals surface area contributed by atoms with Crippen molar-refractivity contribution in [2.75, 3.05) is 13.7 Å². The molecule has 0 spiro atoms. The molecule has 5 aromatic rings. The average Bonchev–Trinajstić information content (AvgIpc) is 3.65. The van der Waals surface area contributed by atoms with Crippen LogP contribution in [0.5, 0.6) is 5.75 Å². The third-order valence-corrected chi connectivity index (χ3v) is 15.7. The predicted octanol–water partition coefficient (Wildman–Crippen LogP) is 5.99. The monoisotopic (exact) mass is 689 g/mol. The van der Waals surface area contributed by atoms with E-state index in [-0.39, 0.29) is 54.2 Å². The van der Waals surface area contributed by atoms with Gasteiger partial charge in [0.05, 0.1) is 63.1 Å². The molecule has 2 aliphatic heterocycles. The van der Waals surface area contributed by atoms with Gasteiger partial charge in [0.2, 0.25) is 5.91 Å². The molecule has 3 heterocycles. The van der Waals surface area contributed by atoms with E-state index < -0.39 is 8.07 Å². The Morgan fingerprint density at radius 2 is 1.70 bits per heavy atom. The summed E-state index contributed by atoms with van der Waals surface area (Å²) in [6.07, 6.45) is 2.26. The molecule has 9 heteroatoms. The summed E-state index contributed by atoms with van der Waals surface area (Å²) < 4.78 is 14.1. The summed E-state index contributed by atoms with van der Waals surface area (Å²) in [7, 11) is -0.492. The van der Waals surface area contributed by atoms with Gasteiger partial charge in [0.15, 0.2) is 0 Å². The number of ether oxygens (including phenoxy) is 2. The molecule has 0 bridgehead atoms. The van der Waals surface area contributed by atoms with Gasteiger partial charge in [0.1, 0.15) is 5.75 Å². The zero-order chi connectivity index (χ0) is 35.0. The van der Waals surface area contributed by atoms with Crippen LogP contribution in [0.15, 0.2) is 102 Å². The van der Waals surface area contributed by atoms with Gasteiger partial charge in [-0.3, -0.25) is 14.7 Å². The Bertz CT molecular complexity index is 2040. The van der Waals surface area contributed by atoms with E-state index in [1.807, 2.05) is 65.6 Å². The number of amides is 1. The topological polar surface area (TPSA) is 96.8 Å². The van der Waals surface area contributed by atoms with Crippen molar-refractivity contribution in [2.45, 2.75) is 76.0 Å². The number of aryl methyl sites for hydroxylation is 1. The number of benzene rings is 4. The zero-order valence-corrected chi connectivity index (χ0v) is 30.3. The molecule has 0 unspecified atom stereocenters. The molecular formula is C41H47N3O5Si. The van der Waals surface area contributed by atoms with E-state index in [0.29, 0.717) is 18.4 Å². The Morgan fingerprint density at radius 3 is 2.44 bits per heavy atom. The molecule has 2 aliphatic rings. The van der Waals surface area contributed by atoms with E-state index >= 15 is 0 Å². The van der Waals surface area contributed by atoms with E-state index in [4.69, 9.17) is 9.47 Å². The van der Waals surface area contributed by atoms with Crippen molar-refractivity contribution in [2.24, 2.45) is 5.92 Å². The number of nitrogens with one attached hydrogen (secondary N) is 1. The van der Waals surface area contributed by atoms with Gasteiger partial charge in [-0.15, -0.1) is 0 Å². The maximum Gasteiger partial charge on any atom is 0.279 e. The summed E-state index contributed by atoms with van der Waals surface area (Å²) in [6.45, 7) is 7.53. The number of aliphatic hydroxyl groups is 1. The molecule has 1 amide bonds. The molecule has 0 radical (unpaired) electrons. The second kappa shape index (κ2) is 14.1. The molecule has 0 aliphatic carbocycles. The molecule has 50 heavy (non-hydrogen) atoms. The number of carbonyl (C=O) groups excluding carboxylic acids is 1. The highest BCUT2D eigenvalue weighted by Gasteiger charge is 2.51. The summed E-state index contributed by atoms with van der Waals surface area (Å²) >= 11 is 0. The van der Waals surface area contributed by atoms with E-state index in [1.54, 1.807) is 11.8 Å². The summed E-state index contributed by atoms with van der Waals surface area (Å²) in [4.78, 5) is 29.2. The standard InChI is InChI=1S/C41H47N3O5Si/c1-27-37(21-16-28-10-9-13-31(22-28)44-41(47)35-14-7-8-15-36(35)42-44)49-38(40(27)50(3,4)34-19-17-33(48-2)18-20-34)24-39(46)43-25-30-12-6-5-11-29(30)23-32(43)26-45/h5-15,17-20,22,27,32,37-38,40,42,45H,16,21,23-26H2,1-4H3/t27-,32+,37+,38-,40+/m1/s1. The minimum absolute atomic E-state index is 0.0296. The first kappa shape index (κ1) is 34.0. The quantitative estimate of drug-likeness (QED) is 0.176. The summed E-state index contributed by atoms with van der Waals surface area (Å²) in [6, 6.07) is 32.1. The van der Waals surface area contributed by atoms with Crippen molar-refractivity contribution >= 4 is 30.1 Å². The second-order valence-electron chi connectivity index (χ2n) is 14.6. The number of aliphatic hydroxyl groups excluding tert-OH is 1. The molecular weight excluding hydrogens is 643 g/mol. The van der Waals surface area contributed by atoms with Gasteiger partial charge in [0.25, 0.3) is 5.56 Å². The minimum Gasteiger partial charge on any atom is -0.497 e. The molecule has 2 N–H and O–H groups in total. The lowest BCUT2D eigenvalue weighted by Gasteiger charge is -2.39. The molecule has 8 nitrogen and oxygen atoms in total. The normalized spacial score (nSPS) is 22.1. The molecule has 1 fully saturated rings. The Hall–Kier alpha value is -4.44. The number of nitrogens with zero attached hydrogens (tertiary/aromatic N) is 2. The van der Waals surface area contributed by atoms with Gasteiger partial charge in [-0.2, -0.15) is 0 Å². The van der Waals surface area contributed by atoms with Crippen LogP contribution in [-0.4, -0.2) is 65.7 Å². The van der Waals surface area contributed by atoms with Crippen molar-refractivity contribution in [3.63, 3.8) is 0 Å². The Balaban J connectivity index is 1.13. The number of hydrogen-bond donors (Lipinski definition) is 2.